The molecule has 0 bridgehead atoms. The number of hydrogen-bond acceptors (Lipinski definition) is 2. The highest BCUT2D eigenvalue weighted by molar-refractivity contribution is 5.80. The molecule has 114 valence electrons. The largest absolute Gasteiger partial charge is 0.325 e. The molecule has 22 heavy (non-hydrogen) atoms. The third kappa shape index (κ3) is 2.97. The van der Waals surface area contributed by atoms with E-state index >= 15 is 0 Å². The topological polar surface area (TPSA) is 38.9 Å². The number of fused-ring (bicyclic) bond motifs is 1. The van der Waals surface area contributed by atoms with Crippen LogP contribution in [0.5, 0.6) is 0 Å². The first-order valence-electron chi connectivity index (χ1n) is 7.96. The van der Waals surface area contributed by atoms with E-state index in [0.29, 0.717) is 5.92 Å². The Balaban J connectivity index is 2.06. The van der Waals surface area contributed by atoms with Crippen LogP contribution in [-0.2, 0) is 6.42 Å². The van der Waals surface area contributed by atoms with Crippen molar-refractivity contribution in [3.8, 4) is 0 Å². The molecule has 2 heteroatoms. The molecule has 1 aliphatic carbocycles. The normalized spacial score (nSPS) is 15.8. The second-order valence-corrected chi connectivity index (χ2v) is 6.99. The monoisotopic (exact) mass is 292 g/mol. The molecule has 1 unspecified atom stereocenters. The minimum atomic E-state index is -0.188. The van der Waals surface area contributed by atoms with Gasteiger partial charge in [-0.05, 0) is 55.5 Å². The van der Waals surface area contributed by atoms with Crippen molar-refractivity contribution >= 4 is 5.57 Å². The molecule has 2 aromatic rings. The van der Waals surface area contributed by atoms with Crippen molar-refractivity contribution in [1.29, 1.82) is 0 Å². The molecule has 0 saturated heterocycles. The van der Waals surface area contributed by atoms with Gasteiger partial charge < -0.3 is 5.73 Å². The summed E-state index contributed by atoms with van der Waals surface area (Å²) in [5, 5.41) is 0. The summed E-state index contributed by atoms with van der Waals surface area (Å²) in [5.41, 5.74) is 12.9. The average molecular weight is 292 g/mol. The third-order valence-corrected chi connectivity index (χ3v) is 4.33. The van der Waals surface area contributed by atoms with E-state index in [1.807, 2.05) is 12.3 Å². The molecule has 0 amide bonds. The van der Waals surface area contributed by atoms with Crippen molar-refractivity contribution in [2.24, 2.45) is 5.73 Å². The van der Waals surface area contributed by atoms with Gasteiger partial charge in [0, 0.05) is 23.3 Å². The Morgan fingerprint density at radius 2 is 1.86 bits per heavy atom. The van der Waals surface area contributed by atoms with Gasteiger partial charge in [0.2, 0.25) is 0 Å². The van der Waals surface area contributed by atoms with Gasteiger partial charge in [0.25, 0.3) is 0 Å². The van der Waals surface area contributed by atoms with Crippen LogP contribution in [0.25, 0.3) is 5.57 Å². The zero-order valence-corrected chi connectivity index (χ0v) is 13.6. The third-order valence-electron chi connectivity index (χ3n) is 4.33. The average Bonchev–Trinajstić information content (AvgIpc) is 2.83. The molecular weight excluding hydrogens is 268 g/mol. The number of nitrogens with two attached hydrogens (primary N) is 1. The number of nitrogens with zero attached hydrogens (tertiary/aromatic N) is 1. The Hall–Kier alpha value is -1.93. The number of allylic oxidation sites excluding steroid dienone is 1. The van der Waals surface area contributed by atoms with E-state index in [1.54, 1.807) is 0 Å². The van der Waals surface area contributed by atoms with Crippen molar-refractivity contribution < 1.29 is 0 Å². The lowest BCUT2D eigenvalue weighted by Gasteiger charge is -2.22. The fraction of sp³-hybridized carbons (Fsp3) is 0.350. The minimum absolute atomic E-state index is 0.188. The Morgan fingerprint density at radius 1 is 1.14 bits per heavy atom. The van der Waals surface area contributed by atoms with Crippen LogP contribution in [0.1, 0.15) is 49.9 Å². The molecule has 0 radical (unpaired) electrons. The molecule has 1 aliphatic rings. The van der Waals surface area contributed by atoms with Crippen molar-refractivity contribution in [3.63, 3.8) is 0 Å². The maximum absolute atomic E-state index is 6.30. The Bertz CT molecular complexity index is 693. The Kier molecular flexibility index (Phi) is 3.88. The predicted molar refractivity (Wildman–Crippen MR) is 92.6 cm³/mol. The molecular formula is C20H24N2. The highest BCUT2D eigenvalue weighted by Gasteiger charge is 2.28. The molecule has 0 saturated carbocycles. The first-order valence-corrected chi connectivity index (χ1v) is 7.96. The van der Waals surface area contributed by atoms with Crippen LogP contribution in [-0.4, -0.2) is 10.5 Å². The first kappa shape index (κ1) is 15.0. The molecule has 0 aliphatic heterocycles. The lowest BCUT2D eigenvalue weighted by atomic mass is 9.86. The minimum Gasteiger partial charge on any atom is -0.325 e. The quantitative estimate of drug-likeness (QED) is 0.911. The SMILES string of the molecule is CC(C1=C(CC(C)(C)N)Cc2ccccc21)c1ccccn1. The van der Waals surface area contributed by atoms with Crippen molar-refractivity contribution in [2.75, 3.05) is 0 Å². The second kappa shape index (κ2) is 5.69. The van der Waals surface area contributed by atoms with Gasteiger partial charge in [0.1, 0.15) is 0 Å². The van der Waals surface area contributed by atoms with Gasteiger partial charge in [0.05, 0.1) is 0 Å². The fourth-order valence-corrected chi connectivity index (χ4v) is 3.48. The highest BCUT2D eigenvalue weighted by atomic mass is 14.7. The molecule has 1 atom stereocenters. The Morgan fingerprint density at radius 3 is 2.55 bits per heavy atom. The summed E-state index contributed by atoms with van der Waals surface area (Å²) in [6, 6.07) is 14.9. The van der Waals surface area contributed by atoms with Crippen LogP contribution in [0, 0.1) is 0 Å². The summed E-state index contributed by atoms with van der Waals surface area (Å²) in [5.74, 6) is 0.294. The molecule has 3 rings (SSSR count). The molecule has 1 heterocycles. The number of rotatable bonds is 4. The van der Waals surface area contributed by atoms with Gasteiger partial charge in [-0.25, -0.2) is 0 Å². The smallest absolute Gasteiger partial charge is 0.0475 e. The standard InChI is InChI=1S/C20H24N2/c1-14(18-10-6-7-11-22-18)19-16(13-20(2,3)21)12-15-8-4-5-9-17(15)19/h4-11,14H,12-13,21H2,1-3H3. The number of pyridine rings is 1. The molecule has 1 aromatic carbocycles. The Labute approximate surface area is 133 Å². The summed E-state index contributed by atoms with van der Waals surface area (Å²) >= 11 is 0. The molecule has 0 fully saturated rings. The van der Waals surface area contributed by atoms with Gasteiger partial charge in [-0.1, -0.05) is 42.8 Å². The summed E-state index contributed by atoms with van der Waals surface area (Å²) in [6.07, 6.45) is 3.82. The van der Waals surface area contributed by atoms with E-state index in [0.717, 1.165) is 18.5 Å². The van der Waals surface area contributed by atoms with E-state index in [9.17, 15) is 0 Å². The van der Waals surface area contributed by atoms with E-state index in [1.165, 1.54) is 22.3 Å². The van der Waals surface area contributed by atoms with Crippen LogP contribution >= 0.6 is 0 Å². The van der Waals surface area contributed by atoms with Crippen LogP contribution in [0.4, 0.5) is 0 Å². The summed E-state index contributed by atoms with van der Waals surface area (Å²) < 4.78 is 0. The highest BCUT2D eigenvalue weighted by Crippen LogP contribution is 2.43. The number of benzene rings is 1. The van der Waals surface area contributed by atoms with E-state index in [-0.39, 0.29) is 5.54 Å². The molecule has 2 N–H and O–H groups in total. The fourth-order valence-electron chi connectivity index (χ4n) is 3.48. The van der Waals surface area contributed by atoms with E-state index < -0.39 is 0 Å². The van der Waals surface area contributed by atoms with Crippen LogP contribution in [0.3, 0.4) is 0 Å². The number of aromatic nitrogens is 1. The lowest BCUT2D eigenvalue weighted by Crippen LogP contribution is -2.32. The summed E-state index contributed by atoms with van der Waals surface area (Å²) in [6.45, 7) is 6.46. The van der Waals surface area contributed by atoms with Crippen LogP contribution < -0.4 is 5.73 Å². The van der Waals surface area contributed by atoms with Crippen LogP contribution in [0.2, 0.25) is 0 Å². The predicted octanol–water partition coefficient (Wildman–Crippen LogP) is 4.32. The van der Waals surface area contributed by atoms with Gasteiger partial charge in [-0.3, -0.25) is 4.98 Å². The first-order chi connectivity index (χ1) is 10.5. The summed E-state index contributed by atoms with van der Waals surface area (Å²) in [4.78, 5) is 4.56. The van der Waals surface area contributed by atoms with E-state index in [2.05, 4.69) is 62.2 Å². The van der Waals surface area contributed by atoms with Gasteiger partial charge in [0.15, 0.2) is 0 Å². The van der Waals surface area contributed by atoms with Crippen LogP contribution in [0.15, 0.2) is 54.2 Å². The molecule has 2 nitrogen and oxygen atoms in total. The van der Waals surface area contributed by atoms with Gasteiger partial charge in [-0.15, -0.1) is 0 Å². The zero-order valence-electron chi connectivity index (χ0n) is 13.6. The molecule has 0 spiro atoms. The lowest BCUT2D eigenvalue weighted by molar-refractivity contribution is 0.511. The van der Waals surface area contributed by atoms with Crippen molar-refractivity contribution in [3.05, 3.63) is 71.1 Å². The second-order valence-electron chi connectivity index (χ2n) is 6.99. The summed E-state index contributed by atoms with van der Waals surface area (Å²) in [7, 11) is 0. The number of hydrogen-bond donors (Lipinski definition) is 1. The zero-order chi connectivity index (χ0) is 15.7. The van der Waals surface area contributed by atoms with Crippen molar-refractivity contribution in [2.45, 2.75) is 45.1 Å². The van der Waals surface area contributed by atoms with Gasteiger partial charge in [-0.2, -0.15) is 0 Å². The van der Waals surface area contributed by atoms with Crippen molar-refractivity contribution in [1.82, 2.24) is 4.98 Å². The molecule has 1 aromatic heterocycles. The maximum atomic E-state index is 6.30. The van der Waals surface area contributed by atoms with Gasteiger partial charge >= 0.3 is 0 Å². The maximum Gasteiger partial charge on any atom is 0.0475 e. The van der Waals surface area contributed by atoms with E-state index in [4.69, 9.17) is 5.73 Å².